The normalized spacial score (nSPS) is 15.7. The summed E-state index contributed by atoms with van der Waals surface area (Å²) in [5.41, 5.74) is 2.57. The Balaban J connectivity index is 1.54. The monoisotopic (exact) mass is 405 g/mol. The van der Waals surface area contributed by atoms with Crippen LogP contribution in [0.1, 0.15) is 53.6 Å². The minimum atomic E-state index is -0.369. The van der Waals surface area contributed by atoms with Crippen LogP contribution < -0.4 is 16.2 Å². The maximum atomic E-state index is 13.1. The molecule has 3 heterocycles. The van der Waals surface area contributed by atoms with Gasteiger partial charge in [0.1, 0.15) is 11.4 Å². The number of piperidine rings is 1. The number of amides is 1. The Morgan fingerprint density at radius 3 is 2.67 bits per heavy atom. The van der Waals surface area contributed by atoms with Crippen molar-refractivity contribution in [2.45, 2.75) is 38.8 Å². The van der Waals surface area contributed by atoms with Crippen molar-refractivity contribution in [1.29, 1.82) is 0 Å². The van der Waals surface area contributed by atoms with Gasteiger partial charge >= 0.3 is 0 Å². The number of aromatic nitrogens is 3. The third-order valence-corrected chi connectivity index (χ3v) is 5.70. The summed E-state index contributed by atoms with van der Waals surface area (Å²) in [6.45, 7) is 5.42. The van der Waals surface area contributed by atoms with Gasteiger partial charge in [0.2, 0.25) is 0 Å². The van der Waals surface area contributed by atoms with E-state index < -0.39 is 0 Å². The van der Waals surface area contributed by atoms with Crippen LogP contribution in [0.4, 0.5) is 0 Å². The average Bonchev–Trinajstić information content (AvgIpc) is 3.26. The molecule has 0 aliphatic carbocycles. The summed E-state index contributed by atoms with van der Waals surface area (Å²) in [5.74, 6) is 0.278. The van der Waals surface area contributed by atoms with Crippen LogP contribution in [0.5, 0.6) is 0 Å². The minimum Gasteiger partial charge on any atom is -0.342 e. The summed E-state index contributed by atoms with van der Waals surface area (Å²) < 4.78 is 1.72. The third kappa shape index (κ3) is 4.07. The first kappa shape index (κ1) is 20.1. The second kappa shape index (κ2) is 8.67. The van der Waals surface area contributed by atoms with Gasteiger partial charge in [-0.25, -0.2) is 4.98 Å². The Kier molecular flexibility index (Phi) is 5.81. The standard InChI is InChI=1S/C23H27N5O2/c1-15-10-13-28(18-8-11-24-12-9-18)23(30)20(15)22(29)26-16(2)21-25-14-19(27-21)17-6-4-3-5-7-17/h3-7,10,13-14,16,18,24H,8-9,11-12H2,1-2H3,(H,25,27)(H,26,29)/t16-/m0/s1. The Hall–Kier alpha value is -3.19. The van der Waals surface area contributed by atoms with Crippen LogP contribution in [-0.2, 0) is 0 Å². The molecule has 2 aromatic heterocycles. The maximum absolute atomic E-state index is 13.1. The number of carbonyl (C=O) groups excluding carboxylic acids is 1. The number of hydrogen-bond donors (Lipinski definition) is 3. The van der Waals surface area contributed by atoms with E-state index in [0.29, 0.717) is 11.4 Å². The first-order valence-electron chi connectivity index (χ1n) is 10.4. The molecule has 7 nitrogen and oxygen atoms in total. The zero-order valence-electron chi connectivity index (χ0n) is 17.3. The summed E-state index contributed by atoms with van der Waals surface area (Å²) >= 11 is 0. The Morgan fingerprint density at radius 1 is 1.20 bits per heavy atom. The summed E-state index contributed by atoms with van der Waals surface area (Å²) in [5, 5.41) is 6.24. The van der Waals surface area contributed by atoms with E-state index in [0.717, 1.165) is 37.2 Å². The minimum absolute atomic E-state index is 0.127. The van der Waals surface area contributed by atoms with Gasteiger partial charge in [0.25, 0.3) is 11.5 Å². The lowest BCUT2D eigenvalue weighted by Crippen LogP contribution is -2.39. The van der Waals surface area contributed by atoms with Crippen molar-refractivity contribution >= 4 is 5.91 Å². The smallest absolute Gasteiger partial charge is 0.263 e. The second-order valence-electron chi connectivity index (χ2n) is 7.81. The summed E-state index contributed by atoms with van der Waals surface area (Å²) in [6.07, 6.45) is 5.34. The van der Waals surface area contributed by atoms with Gasteiger partial charge in [0, 0.05) is 12.2 Å². The number of pyridine rings is 1. The molecule has 4 rings (SSSR count). The van der Waals surface area contributed by atoms with Gasteiger partial charge in [0.05, 0.1) is 17.9 Å². The van der Waals surface area contributed by atoms with Gasteiger partial charge in [-0.3, -0.25) is 9.59 Å². The Bertz CT molecular complexity index is 1080. The molecule has 1 fully saturated rings. The van der Waals surface area contributed by atoms with E-state index >= 15 is 0 Å². The highest BCUT2D eigenvalue weighted by Gasteiger charge is 2.23. The molecule has 0 spiro atoms. The Morgan fingerprint density at radius 2 is 1.93 bits per heavy atom. The van der Waals surface area contributed by atoms with Crippen LogP contribution >= 0.6 is 0 Å². The number of benzene rings is 1. The molecule has 7 heteroatoms. The maximum Gasteiger partial charge on any atom is 0.263 e. The van der Waals surface area contributed by atoms with Gasteiger partial charge < -0.3 is 20.2 Å². The molecule has 1 aromatic carbocycles. The first-order chi connectivity index (χ1) is 14.5. The molecule has 3 N–H and O–H groups in total. The lowest BCUT2D eigenvalue weighted by Gasteiger charge is -2.25. The lowest BCUT2D eigenvalue weighted by molar-refractivity contribution is 0.0935. The topological polar surface area (TPSA) is 91.8 Å². The summed E-state index contributed by atoms with van der Waals surface area (Å²) in [6, 6.07) is 11.5. The predicted molar refractivity (Wildman–Crippen MR) is 116 cm³/mol. The molecule has 0 radical (unpaired) electrons. The van der Waals surface area contributed by atoms with Gasteiger partial charge in [-0.1, -0.05) is 30.3 Å². The van der Waals surface area contributed by atoms with Gasteiger partial charge in [0.15, 0.2) is 0 Å². The molecular weight excluding hydrogens is 378 g/mol. The highest BCUT2D eigenvalue weighted by molar-refractivity contribution is 5.95. The number of imidazole rings is 1. The molecule has 1 aliphatic heterocycles. The molecule has 0 saturated carbocycles. The Labute approximate surface area is 175 Å². The lowest BCUT2D eigenvalue weighted by atomic mass is 10.0. The van der Waals surface area contributed by atoms with E-state index in [1.54, 1.807) is 17.7 Å². The van der Waals surface area contributed by atoms with Crippen LogP contribution in [0, 0.1) is 6.92 Å². The van der Waals surface area contributed by atoms with Crippen LogP contribution in [0.15, 0.2) is 53.6 Å². The van der Waals surface area contributed by atoms with E-state index in [4.69, 9.17) is 0 Å². The molecule has 0 unspecified atom stereocenters. The second-order valence-corrected chi connectivity index (χ2v) is 7.81. The van der Waals surface area contributed by atoms with E-state index in [2.05, 4.69) is 20.6 Å². The molecule has 1 saturated heterocycles. The number of nitrogens with one attached hydrogen (secondary N) is 3. The molecule has 30 heavy (non-hydrogen) atoms. The number of nitrogens with zero attached hydrogens (tertiary/aromatic N) is 2. The van der Waals surface area contributed by atoms with Crippen molar-refractivity contribution < 1.29 is 4.79 Å². The number of aromatic amines is 1. The fraction of sp³-hybridized carbons (Fsp3) is 0.348. The van der Waals surface area contributed by atoms with E-state index in [-0.39, 0.29) is 29.1 Å². The molecule has 1 amide bonds. The van der Waals surface area contributed by atoms with Crippen molar-refractivity contribution in [3.8, 4) is 11.3 Å². The molecule has 156 valence electrons. The van der Waals surface area contributed by atoms with Crippen LogP contribution in [0.25, 0.3) is 11.3 Å². The SMILES string of the molecule is Cc1ccn(C2CCNCC2)c(=O)c1C(=O)N[C@@H](C)c1ncc(-c2ccccc2)[nH]1. The third-order valence-electron chi connectivity index (χ3n) is 5.70. The number of aryl methyl sites for hydroxylation is 1. The largest absolute Gasteiger partial charge is 0.342 e. The molecule has 3 aromatic rings. The fourth-order valence-corrected chi connectivity index (χ4v) is 3.95. The van der Waals surface area contributed by atoms with E-state index in [1.807, 2.05) is 49.5 Å². The number of hydrogen-bond acceptors (Lipinski definition) is 4. The van der Waals surface area contributed by atoms with Crippen LogP contribution in [0.3, 0.4) is 0 Å². The van der Waals surface area contributed by atoms with Gasteiger partial charge in [-0.2, -0.15) is 0 Å². The van der Waals surface area contributed by atoms with Crippen molar-refractivity contribution in [1.82, 2.24) is 25.2 Å². The van der Waals surface area contributed by atoms with Crippen LogP contribution in [-0.4, -0.2) is 33.5 Å². The van der Waals surface area contributed by atoms with Gasteiger partial charge in [-0.15, -0.1) is 0 Å². The van der Waals surface area contributed by atoms with E-state index in [1.165, 1.54) is 0 Å². The molecular formula is C23H27N5O2. The predicted octanol–water partition coefficient (Wildman–Crippen LogP) is 2.96. The number of carbonyl (C=O) groups is 1. The van der Waals surface area contributed by atoms with E-state index in [9.17, 15) is 9.59 Å². The molecule has 1 atom stereocenters. The summed E-state index contributed by atoms with van der Waals surface area (Å²) in [4.78, 5) is 33.8. The zero-order chi connectivity index (χ0) is 21.1. The highest BCUT2D eigenvalue weighted by Crippen LogP contribution is 2.20. The number of rotatable bonds is 5. The first-order valence-corrected chi connectivity index (χ1v) is 10.4. The average molecular weight is 406 g/mol. The van der Waals surface area contributed by atoms with Crippen molar-refractivity contribution in [2.75, 3.05) is 13.1 Å². The van der Waals surface area contributed by atoms with Crippen molar-refractivity contribution in [3.63, 3.8) is 0 Å². The van der Waals surface area contributed by atoms with Gasteiger partial charge in [-0.05, 0) is 57.0 Å². The van der Waals surface area contributed by atoms with Crippen molar-refractivity contribution in [2.24, 2.45) is 0 Å². The summed E-state index contributed by atoms with van der Waals surface area (Å²) in [7, 11) is 0. The molecule has 0 bridgehead atoms. The molecule has 1 aliphatic rings. The highest BCUT2D eigenvalue weighted by atomic mass is 16.2. The zero-order valence-corrected chi connectivity index (χ0v) is 17.3. The van der Waals surface area contributed by atoms with Crippen molar-refractivity contribution in [3.05, 3.63) is 76.1 Å². The number of H-pyrrole nitrogens is 1. The fourth-order valence-electron chi connectivity index (χ4n) is 3.95. The van der Waals surface area contributed by atoms with Crippen LogP contribution in [0.2, 0.25) is 0 Å². The quantitative estimate of drug-likeness (QED) is 0.609.